The van der Waals surface area contributed by atoms with E-state index in [1.54, 1.807) is 0 Å². The van der Waals surface area contributed by atoms with Crippen molar-refractivity contribution in [2.24, 2.45) is 5.92 Å². The van der Waals surface area contributed by atoms with Crippen LogP contribution in [0.4, 0.5) is 0 Å². The highest BCUT2D eigenvalue weighted by Crippen LogP contribution is 2.26. The molecule has 3 nitrogen and oxygen atoms in total. The van der Waals surface area contributed by atoms with E-state index >= 15 is 0 Å². The highest BCUT2D eigenvalue weighted by molar-refractivity contribution is 5.66. The Kier molecular flexibility index (Phi) is 12.5. The zero-order valence-corrected chi connectivity index (χ0v) is 15.2. The number of allylic oxidation sites excluding steroid dienone is 3. The summed E-state index contributed by atoms with van der Waals surface area (Å²) in [4.78, 5) is 10.4. The molecule has 0 bridgehead atoms. The second-order valence-corrected chi connectivity index (χ2v) is 7.11. The molecule has 1 unspecified atom stereocenters. The zero-order chi connectivity index (χ0) is 17.5. The van der Waals surface area contributed by atoms with E-state index in [2.05, 4.69) is 12.2 Å². The van der Waals surface area contributed by atoms with Crippen molar-refractivity contribution in [3.05, 3.63) is 24.3 Å². The minimum absolute atomic E-state index is 0.268. The van der Waals surface area contributed by atoms with Crippen molar-refractivity contribution in [2.45, 2.75) is 96.0 Å². The summed E-state index contributed by atoms with van der Waals surface area (Å²) >= 11 is 0. The molecule has 0 aliphatic heterocycles. The maximum absolute atomic E-state index is 10.4. The molecule has 0 amide bonds. The summed E-state index contributed by atoms with van der Waals surface area (Å²) < 4.78 is 0. The first-order valence-corrected chi connectivity index (χ1v) is 9.93. The van der Waals surface area contributed by atoms with Gasteiger partial charge in [-0.3, -0.25) is 4.79 Å². The highest BCUT2D eigenvalue weighted by Gasteiger charge is 2.18. The third-order valence-corrected chi connectivity index (χ3v) is 4.95. The van der Waals surface area contributed by atoms with Crippen molar-refractivity contribution in [3.8, 4) is 0 Å². The van der Waals surface area contributed by atoms with Gasteiger partial charge in [-0.25, -0.2) is 0 Å². The number of hydrogen-bond acceptors (Lipinski definition) is 2. The topological polar surface area (TPSA) is 57.5 Å². The number of rotatable bonds is 13. The maximum atomic E-state index is 10.4. The van der Waals surface area contributed by atoms with Gasteiger partial charge in [-0.2, -0.15) is 0 Å². The van der Waals surface area contributed by atoms with Crippen LogP contribution in [-0.4, -0.2) is 22.3 Å². The minimum atomic E-state index is -0.679. The van der Waals surface area contributed by atoms with Gasteiger partial charge < -0.3 is 10.2 Å². The molecule has 1 atom stereocenters. The van der Waals surface area contributed by atoms with Crippen LogP contribution in [0, 0.1) is 5.92 Å². The van der Waals surface area contributed by atoms with Crippen LogP contribution in [0.1, 0.15) is 89.9 Å². The van der Waals surface area contributed by atoms with Crippen molar-refractivity contribution >= 4 is 5.97 Å². The summed E-state index contributed by atoms with van der Waals surface area (Å²) in [6, 6.07) is 0. The van der Waals surface area contributed by atoms with Gasteiger partial charge in [0.2, 0.25) is 0 Å². The Morgan fingerprint density at radius 1 is 0.917 bits per heavy atom. The molecule has 0 spiro atoms. The lowest BCUT2D eigenvalue weighted by Crippen LogP contribution is -2.20. The summed E-state index contributed by atoms with van der Waals surface area (Å²) in [6.45, 7) is 0. The van der Waals surface area contributed by atoms with Gasteiger partial charge in [-0.1, -0.05) is 75.7 Å². The highest BCUT2D eigenvalue weighted by atomic mass is 16.4. The lowest BCUT2D eigenvalue weighted by atomic mass is 9.85. The quantitative estimate of drug-likeness (QED) is 0.338. The van der Waals surface area contributed by atoms with Gasteiger partial charge in [-0.05, 0) is 38.0 Å². The molecule has 0 aromatic heterocycles. The van der Waals surface area contributed by atoms with E-state index in [1.807, 2.05) is 12.2 Å². The van der Waals surface area contributed by atoms with Gasteiger partial charge in [0.25, 0.3) is 0 Å². The van der Waals surface area contributed by atoms with E-state index in [-0.39, 0.29) is 6.10 Å². The molecule has 0 radical (unpaired) electrons. The van der Waals surface area contributed by atoms with Crippen molar-refractivity contribution in [1.29, 1.82) is 0 Å². The van der Waals surface area contributed by atoms with Gasteiger partial charge in [0.05, 0.1) is 6.10 Å². The van der Waals surface area contributed by atoms with Crippen LogP contribution in [0.3, 0.4) is 0 Å². The number of carboxylic acid groups (broad SMARTS) is 1. The number of hydrogen-bond donors (Lipinski definition) is 2. The Morgan fingerprint density at radius 3 is 2.21 bits per heavy atom. The van der Waals surface area contributed by atoms with E-state index in [1.165, 1.54) is 57.8 Å². The summed E-state index contributed by atoms with van der Waals surface area (Å²) in [7, 11) is 0. The molecule has 3 heteroatoms. The molecule has 138 valence electrons. The molecule has 2 N–H and O–H groups in total. The molecule has 1 fully saturated rings. The van der Waals surface area contributed by atoms with Crippen LogP contribution in [0.2, 0.25) is 0 Å². The van der Waals surface area contributed by atoms with Gasteiger partial charge in [0.1, 0.15) is 0 Å². The first-order valence-electron chi connectivity index (χ1n) is 9.93. The largest absolute Gasteiger partial charge is 0.481 e. The molecule has 0 saturated heterocycles. The molecular weight excluding hydrogens is 300 g/mol. The summed E-state index contributed by atoms with van der Waals surface area (Å²) in [6.07, 6.45) is 23.5. The minimum Gasteiger partial charge on any atom is -0.481 e. The fourth-order valence-electron chi connectivity index (χ4n) is 3.41. The van der Waals surface area contributed by atoms with E-state index in [9.17, 15) is 9.90 Å². The van der Waals surface area contributed by atoms with Crippen molar-refractivity contribution in [1.82, 2.24) is 0 Å². The van der Waals surface area contributed by atoms with Gasteiger partial charge in [-0.15, -0.1) is 0 Å². The molecule has 24 heavy (non-hydrogen) atoms. The van der Waals surface area contributed by atoms with E-state index in [4.69, 9.17) is 5.11 Å². The Bertz CT molecular complexity index is 367. The molecule has 0 aromatic rings. The zero-order valence-electron chi connectivity index (χ0n) is 15.2. The number of carbonyl (C=O) groups is 1. The number of carboxylic acids is 1. The van der Waals surface area contributed by atoms with E-state index in [0.29, 0.717) is 12.3 Å². The van der Waals surface area contributed by atoms with Crippen LogP contribution in [0.25, 0.3) is 0 Å². The van der Waals surface area contributed by atoms with Crippen LogP contribution >= 0.6 is 0 Å². The Balaban J connectivity index is 1.90. The number of aliphatic hydroxyl groups excluding tert-OH is 1. The number of unbranched alkanes of at least 4 members (excludes halogenated alkanes) is 7. The van der Waals surface area contributed by atoms with Crippen molar-refractivity contribution in [2.75, 3.05) is 0 Å². The third-order valence-electron chi connectivity index (χ3n) is 4.95. The molecule has 0 aromatic carbocycles. The first kappa shape index (κ1) is 21.0. The van der Waals surface area contributed by atoms with Crippen LogP contribution in [0.15, 0.2) is 24.3 Å². The smallest absolute Gasteiger partial charge is 0.303 e. The Morgan fingerprint density at radius 2 is 1.54 bits per heavy atom. The molecule has 1 aliphatic rings. The summed E-state index contributed by atoms with van der Waals surface area (Å²) in [5.74, 6) is -0.207. The molecule has 1 aliphatic carbocycles. The van der Waals surface area contributed by atoms with Gasteiger partial charge in [0.15, 0.2) is 0 Å². The Hall–Kier alpha value is -1.09. The fourth-order valence-corrected chi connectivity index (χ4v) is 3.41. The second-order valence-electron chi connectivity index (χ2n) is 7.11. The Labute approximate surface area is 147 Å². The number of aliphatic hydroxyl groups is 1. The third kappa shape index (κ3) is 11.4. The normalized spacial score (nSPS) is 17.7. The van der Waals surface area contributed by atoms with Crippen molar-refractivity contribution < 1.29 is 15.0 Å². The first-order chi connectivity index (χ1) is 11.7. The van der Waals surface area contributed by atoms with Gasteiger partial charge >= 0.3 is 5.97 Å². The molecule has 1 rings (SSSR count). The average Bonchev–Trinajstić information content (AvgIpc) is 2.59. The fraction of sp³-hybridized carbons (Fsp3) is 0.762. The van der Waals surface area contributed by atoms with Crippen LogP contribution in [0.5, 0.6) is 0 Å². The monoisotopic (exact) mass is 336 g/mol. The van der Waals surface area contributed by atoms with E-state index in [0.717, 1.165) is 25.7 Å². The lowest BCUT2D eigenvalue weighted by molar-refractivity contribution is -0.137. The summed E-state index contributed by atoms with van der Waals surface area (Å²) in [5.41, 5.74) is 0. The maximum Gasteiger partial charge on any atom is 0.303 e. The molecular formula is C21H36O3. The lowest BCUT2D eigenvalue weighted by Gasteiger charge is -2.24. The van der Waals surface area contributed by atoms with Crippen LogP contribution in [-0.2, 0) is 4.79 Å². The molecule has 1 saturated carbocycles. The van der Waals surface area contributed by atoms with Gasteiger partial charge in [0, 0.05) is 6.42 Å². The second kappa shape index (κ2) is 14.3. The van der Waals surface area contributed by atoms with E-state index < -0.39 is 5.97 Å². The number of aliphatic carboxylic acids is 1. The SMILES string of the molecule is O=C(O)CCCCCCCCC/C=C\C=C\C(O)C1CCCCC1. The molecule has 0 heterocycles. The standard InChI is InChI=1S/C21H36O3/c22-20(19-15-11-10-12-16-19)17-13-8-6-4-2-1-3-5-7-9-14-18-21(23)24/h6,8,13,17,19-20,22H,1-5,7,9-12,14-16,18H2,(H,23,24)/b8-6-,17-13+. The van der Waals surface area contributed by atoms with Crippen molar-refractivity contribution in [3.63, 3.8) is 0 Å². The average molecular weight is 337 g/mol. The predicted octanol–water partition coefficient (Wildman–Crippen LogP) is 5.64. The van der Waals surface area contributed by atoms with Crippen LogP contribution < -0.4 is 0 Å². The summed E-state index contributed by atoms with van der Waals surface area (Å²) in [5, 5.41) is 18.7. The predicted molar refractivity (Wildman–Crippen MR) is 100 cm³/mol.